The fourth-order valence-corrected chi connectivity index (χ4v) is 0. The first kappa shape index (κ1) is 9.60. The Labute approximate surface area is 64.6 Å². The fraction of sp³-hybridized carbons (Fsp3) is 0.333. The summed E-state index contributed by atoms with van der Waals surface area (Å²) in [6.45, 7) is 3.53. The SMILES string of the molecule is C=C[CH2][InH2].I. The summed E-state index contributed by atoms with van der Waals surface area (Å²) < 4.78 is 1.29. The molecular formula is C3H8IIn. The summed E-state index contributed by atoms with van der Waals surface area (Å²) in [6.07, 6.45) is 1.97. The molecule has 0 aromatic carbocycles. The van der Waals surface area contributed by atoms with E-state index in [1.54, 1.807) is 0 Å². The minimum absolute atomic E-state index is 0. The quantitative estimate of drug-likeness (QED) is 0.495. The van der Waals surface area contributed by atoms with Gasteiger partial charge in [0.05, 0.1) is 0 Å². The van der Waals surface area contributed by atoms with Crippen LogP contribution in [-0.4, -0.2) is 24.4 Å². The molecule has 0 heterocycles. The van der Waals surface area contributed by atoms with E-state index in [9.17, 15) is 0 Å². The van der Waals surface area contributed by atoms with Crippen molar-refractivity contribution >= 4 is 48.4 Å². The number of hydrogen-bond donors (Lipinski definition) is 0. The normalized spacial score (nSPS) is 4.80. The zero-order chi connectivity index (χ0) is 3.41. The van der Waals surface area contributed by atoms with Gasteiger partial charge in [0, 0.05) is 0 Å². The molecule has 0 aromatic rings. The standard InChI is InChI=1S/C3H5.HI.In.2H/c1-3-2;;;;/h3H,1-2H2;1H;;;. The molecule has 0 unspecified atom stereocenters. The van der Waals surface area contributed by atoms with Gasteiger partial charge in [0.25, 0.3) is 0 Å². The van der Waals surface area contributed by atoms with E-state index in [0.717, 1.165) is 24.4 Å². The van der Waals surface area contributed by atoms with Crippen LogP contribution in [0.2, 0.25) is 4.18 Å². The summed E-state index contributed by atoms with van der Waals surface area (Å²) in [5.74, 6) is 0. The summed E-state index contributed by atoms with van der Waals surface area (Å²) in [5, 5.41) is 0. The van der Waals surface area contributed by atoms with Crippen molar-refractivity contribution in [3.63, 3.8) is 0 Å². The van der Waals surface area contributed by atoms with Crippen LogP contribution in [0.3, 0.4) is 0 Å². The van der Waals surface area contributed by atoms with Crippen LogP contribution in [0.15, 0.2) is 12.7 Å². The van der Waals surface area contributed by atoms with Crippen molar-refractivity contribution in [2.24, 2.45) is 0 Å². The number of rotatable bonds is 1. The molecule has 0 atom stereocenters. The molecule has 0 nitrogen and oxygen atoms in total. The Morgan fingerprint density at radius 3 is 2.00 bits per heavy atom. The van der Waals surface area contributed by atoms with Crippen molar-refractivity contribution < 1.29 is 0 Å². The van der Waals surface area contributed by atoms with Crippen LogP contribution in [0.5, 0.6) is 0 Å². The Hall–Kier alpha value is 1.34. The van der Waals surface area contributed by atoms with Gasteiger partial charge in [-0.2, -0.15) is 0 Å². The first-order chi connectivity index (χ1) is 1.91. The van der Waals surface area contributed by atoms with Gasteiger partial charge in [-0.05, 0) is 0 Å². The van der Waals surface area contributed by atoms with Gasteiger partial charge in [-0.15, -0.1) is 24.0 Å². The van der Waals surface area contributed by atoms with Crippen LogP contribution in [0.1, 0.15) is 0 Å². The fourth-order valence-electron chi connectivity index (χ4n) is 0. The van der Waals surface area contributed by atoms with E-state index in [1.165, 1.54) is 4.18 Å². The largest absolute Gasteiger partial charge is 0.107 e. The van der Waals surface area contributed by atoms with Crippen molar-refractivity contribution in [1.82, 2.24) is 0 Å². The van der Waals surface area contributed by atoms with Crippen molar-refractivity contribution in [3.8, 4) is 0 Å². The molecule has 0 rings (SSSR count). The van der Waals surface area contributed by atoms with Gasteiger partial charge in [0.15, 0.2) is 0 Å². The Bertz CT molecular complexity index is 20.9. The molecule has 0 saturated carbocycles. The molecule has 0 saturated heterocycles. The van der Waals surface area contributed by atoms with Crippen molar-refractivity contribution in [2.45, 2.75) is 4.18 Å². The topological polar surface area (TPSA) is 0 Å². The van der Waals surface area contributed by atoms with Crippen LogP contribution in [-0.2, 0) is 0 Å². The summed E-state index contributed by atoms with van der Waals surface area (Å²) in [5.41, 5.74) is 0. The molecule has 0 aliphatic heterocycles. The van der Waals surface area contributed by atoms with Gasteiger partial charge in [0.2, 0.25) is 0 Å². The summed E-state index contributed by atoms with van der Waals surface area (Å²) in [7, 11) is 0. The smallest absolute Gasteiger partial charge is 0.107 e. The van der Waals surface area contributed by atoms with E-state index >= 15 is 0 Å². The zero-order valence-electron chi connectivity index (χ0n) is 3.40. The summed E-state index contributed by atoms with van der Waals surface area (Å²) >= 11 is 0.867. The molecule has 0 fully saturated rings. The number of allylic oxidation sites excluding steroid dienone is 1. The van der Waals surface area contributed by atoms with Gasteiger partial charge in [-0.25, -0.2) is 0 Å². The molecule has 0 N–H and O–H groups in total. The second kappa shape index (κ2) is 9.02. The summed E-state index contributed by atoms with van der Waals surface area (Å²) in [6, 6.07) is 0. The molecule has 0 amide bonds. The third-order valence-electron chi connectivity index (χ3n) is 0.289. The molecule has 5 heavy (non-hydrogen) atoms. The maximum absolute atomic E-state index is 3.53. The molecule has 0 aliphatic rings. The van der Waals surface area contributed by atoms with Crippen molar-refractivity contribution in [3.05, 3.63) is 12.7 Å². The predicted molar refractivity (Wildman–Crippen MR) is 39.0 cm³/mol. The first-order valence-corrected chi connectivity index (χ1v) is 5.56. The first-order valence-electron chi connectivity index (χ1n) is 1.52. The summed E-state index contributed by atoms with van der Waals surface area (Å²) in [4.78, 5) is 0. The average Bonchev–Trinajstić information content (AvgIpc) is 1.37. The van der Waals surface area contributed by atoms with E-state index in [4.69, 9.17) is 0 Å². The van der Waals surface area contributed by atoms with E-state index in [-0.39, 0.29) is 24.0 Å². The minimum Gasteiger partial charge on any atom is -0.107 e. The molecule has 2 heteroatoms. The number of halogens is 1. The van der Waals surface area contributed by atoms with Gasteiger partial charge in [-0.1, -0.05) is 0 Å². The van der Waals surface area contributed by atoms with Crippen LogP contribution in [0, 0.1) is 0 Å². The molecular weight excluding hydrogens is 278 g/mol. The monoisotopic (exact) mass is 286 g/mol. The third-order valence-corrected chi connectivity index (χ3v) is 1.94. The molecule has 0 aromatic heterocycles. The maximum Gasteiger partial charge on any atom is -0.107 e. The second-order valence-electron chi connectivity index (χ2n) is 0.697. The van der Waals surface area contributed by atoms with Crippen LogP contribution in [0.4, 0.5) is 0 Å². The Kier molecular flexibility index (Phi) is 17.3. The Morgan fingerprint density at radius 2 is 2.00 bits per heavy atom. The van der Waals surface area contributed by atoms with Gasteiger partial charge in [0.1, 0.15) is 0 Å². The van der Waals surface area contributed by atoms with Gasteiger partial charge in [-0.3, -0.25) is 0 Å². The Morgan fingerprint density at radius 1 is 1.80 bits per heavy atom. The van der Waals surface area contributed by atoms with E-state index in [0.29, 0.717) is 0 Å². The van der Waals surface area contributed by atoms with Gasteiger partial charge >= 0.3 is 41.2 Å². The van der Waals surface area contributed by atoms with Crippen LogP contribution >= 0.6 is 24.0 Å². The van der Waals surface area contributed by atoms with Gasteiger partial charge < -0.3 is 0 Å². The predicted octanol–water partition coefficient (Wildman–Crippen LogP) is 0.842. The van der Waals surface area contributed by atoms with Crippen LogP contribution < -0.4 is 0 Å². The molecule has 0 spiro atoms. The molecule has 30 valence electrons. The second-order valence-corrected chi connectivity index (χ2v) is 3.03. The number of hydrogen-bond acceptors (Lipinski definition) is 0. The van der Waals surface area contributed by atoms with Crippen molar-refractivity contribution in [1.29, 1.82) is 0 Å². The zero-order valence-corrected chi connectivity index (χ0v) is 11.4. The Balaban J connectivity index is 0. The minimum atomic E-state index is 0. The third kappa shape index (κ3) is 10.9. The molecule has 0 aliphatic carbocycles. The van der Waals surface area contributed by atoms with Crippen molar-refractivity contribution in [2.75, 3.05) is 0 Å². The molecule has 0 bridgehead atoms. The van der Waals surface area contributed by atoms with E-state index in [2.05, 4.69) is 6.58 Å². The van der Waals surface area contributed by atoms with E-state index < -0.39 is 0 Å². The van der Waals surface area contributed by atoms with E-state index in [1.807, 2.05) is 6.08 Å². The van der Waals surface area contributed by atoms with Crippen LogP contribution in [0.25, 0.3) is 0 Å². The maximum atomic E-state index is 3.53. The molecule has 0 radical (unpaired) electrons. The average molecular weight is 286 g/mol.